The number of aromatic nitrogens is 3. The highest BCUT2D eigenvalue weighted by Gasteiger charge is 2.31. The molecule has 1 aliphatic rings. The highest BCUT2D eigenvalue weighted by Crippen LogP contribution is 2.38. The van der Waals surface area contributed by atoms with Gasteiger partial charge in [-0.3, -0.25) is 0 Å². The monoisotopic (exact) mass is 331 g/mol. The van der Waals surface area contributed by atoms with Crippen LogP contribution >= 0.6 is 0 Å². The molecule has 3 N–H and O–H groups in total. The molecule has 3 rings (SSSR count). The molecule has 0 aliphatic heterocycles. The number of aliphatic hydroxyl groups is 1. The van der Waals surface area contributed by atoms with Crippen LogP contribution in [0.2, 0.25) is 0 Å². The molecule has 0 unspecified atom stereocenters. The van der Waals surface area contributed by atoms with E-state index in [1.165, 1.54) is 19.3 Å². The largest absolute Gasteiger partial charge is 0.396 e. The number of aliphatic hydroxyl groups excluding tert-OH is 1. The molecular formula is C17H25N5O2. The molecule has 0 atom stereocenters. The second-order valence-corrected chi connectivity index (χ2v) is 6.61. The van der Waals surface area contributed by atoms with Crippen LogP contribution in [0, 0.1) is 5.41 Å². The number of urea groups is 1. The lowest BCUT2D eigenvalue weighted by Gasteiger charge is -2.37. The van der Waals surface area contributed by atoms with Gasteiger partial charge in [0.25, 0.3) is 0 Å². The summed E-state index contributed by atoms with van der Waals surface area (Å²) in [5, 5.41) is 19.4. The number of nitrogens with one attached hydrogen (secondary N) is 2. The average Bonchev–Trinajstić information content (AvgIpc) is 3.08. The van der Waals surface area contributed by atoms with Crippen LogP contribution < -0.4 is 10.6 Å². The van der Waals surface area contributed by atoms with Gasteiger partial charge in [-0.15, -0.1) is 0 Å². The molecule has 7 heteroatoms. The molecule has 130 valence electrons. The molecule has 0 aromatic carbocycles. The van der Waals surface area contributed by atoms with Gasteiger partial charge in [-0.25, -0.2) is 14.3 Å². The molecular weight excluding hydrogens is 306 g/mol. The summed E-state index contributed by atoms with van der Waals surface area (Å²) < 4.78 is 1.72. The maximum Gasteiger partial charge on any atom is 0.315 e. The predicted molar refractivity (Wildman–Crippen MR) is 90.4 cm³/mol. The van der Waals surface area contributed by atoms with Crippen LogP contribution in [0.5, 0.6) is 0 Å². The predicted octanol–water partition coefficient (Wildman–Crippen LogP) is 1.86. The number of rotatable bonds is 6. The van der Waals surface area contributed by atoms with E-state index in [0.717, 1.165) is 30.6 Å². The standard InChI is InChI=1S/C17H25N5O2/c23-11-8-17(6-2-1-3-7-17)13-20-16(24)19-12-14-4-9-18-15-5-10-21-22(14)15/h4-5,9-10,23H,1-3,6-8,11-13H2,(H2,19,20,24). The van der Waals surface area contributed by atoms with Crippen LogP contribution in [0.1, 0.15) is 44.2 Å². The van der Waals surface area contributed by atoms with E-state index < -0.39 is 0 Å². The zero-order chi connectivity index (χ0) is 16.8. The summed E-state index contributed by atoms with van der Waals surface area (Å²) in [7, 11) is 0. The smallest absolute Gasteiger partial charge is 0.315 e. The Hall–Kier alpha value is -2.15. The van der Waals surface area contributed by atoms with E-state index in [0.29, 0.717) is 13.1 Å². The summed E-state index contributed by atoms with van der Waals surface area (Å²) in [6.07, 6.45) is 9.91. The number of carbonyl (C=O) groups excluding carboxylic acids is 1. The van der Waals surface area contributed by atoms with Crippen molar-refractivity contribution >= 4 is 11.7 Å². The van der Waals surface area contributed by atoms with E-state index in [9.17, 15) is 9.90 Å². The number of hydrogen-bond donors (Lipinski definition) is 3. The van der Waals surface area contributed by atoms with E-state index in [1.807, 2.05) is 12.1 Å². The minimum Gasteiger partial charge on any atom is -0.396 e. The molecule has 2 aromatic heterocycles. The molecule has 1 saturated carbocycles. The molecule has 0 spiro atoms. The van der Waals surface area contributed by atoms with Crippen LogP contribution in [0.4, 0.5) is 4.79 Å². The number of hydrogen-bond acceptors (Lipinski definition) is 4. The van der Waals surface area contributed by atoms with Gasteiger partial charge in [0.15, 0.2) is 5.65 Å². The van der Waals surface area contributed by atoms with Gasteiger partial charge in [-0.05, 0) is 30.7 Å². The van der Waals surface area contributed by atoms with E-state index in [-0.39, 0.29) is 18.1 Å². The number of amides is 2. The van der Waals surface area contributed by atoms with Crippen molar-refractivity contribution in [3.05, 3.63) is 30.2 Å². The fraction of sp³-hybridized carbons (Fsp3) is 0.588. The van der Waals surface area contributed by atoms with Gasteiger partial charge in [0.2, 0.25) is 0 Å². The fourth-order valence-electron chi connectivity index (χ4n) is 3.57. The summed E-state index contributed by atoms with van der Waals surface area (Å²) in [6, 6.07) is 3.48. The molecule has 1 fully saturated rings. The third kappa shape index (κ3) is 3.84. The van der Waals surface area contributed by atoms with Gasteiger partial charge in [0, 0.05) is 25.4 Å². The zero-order valence-electron chi connectivity index (χ0n) is 13.9. The quantitative estimate of drug-likeness (QED) is 0.753. The van der Waals surface area contributed by atoms with Crippen LogP contribution in [0.3, 0.4) is 0 Å². The van der Waals surface area contributed by atoms with E-state index in [1.54, 1.807) is 16.9 Å². The Morgan fingerprint density at radius 2 is 2.04 bits per heavy atom. The van der Waals surface area contributed by atoms with Gasteiger partial charge < -0.3 is 15.7 Å². The maximum absolute atomic E-state index is 12.1. The van der Waals surface area contributed by atoms with Crippen molar-refractivity contribution in [1.29, 1.82) is 0 Å². The normalized spacial score (nSPS) is 16.9. The van der Waals surface area contributed by atoms with E-state index >= 15 is 0 Å². The molecule has 2 aromatic rings. The van der Waals surface area contributed by atoms with Crippen molar-refractivity contribution in [1.82, 2.24) is 25.2 Å². The lowest BCUT2D eigenvalue weighted by molar-refractivity contribution is 0.127. The molecule has 2 heterocycles. The molecule has 0 saturated heterocycles. The Balaban J connectivity index is 1.53. The zero-order valence-corrected chi connectivity index (χ0v) is 13.9. The summed E-state index contributed by atoms with van der Waals surface area (Å²) in [4.78, 5) is 16.4. The average molecular weight is 331 g/mol. The lowest BCUT2D eigenvalue weighted by Crippen LogP contribution is -2.43. The summed E-state index contributed by atoms with van der Waals surface area (Å²) in [6.45, 7) is 1.18. The first-order valence-electron chi connectivity index (χ1n) is 8.63. The van der Waals surface area contributed by atoms with Gasteiger partial charge in [-0.1, -0.05) is 19.3 Å². The molecule has 1 aliphatic carbocycles. The Labute approximate surface area is 141 Å². The first-order valence-corrected chi connectivity index (χ1v) is 8.63. The fourth-order valence-corrected chi connectivity index (χ4v) is 3.57. The van der Waals surface area contributed by atoms with E-state index in [2.05, 4.69) is 20.7 Å². The van der Waals surface area contributed by atoms with Crippen molar-refractivity contribution in [2.75, 3.05) is 13.2 Å². The third-order valence-corrected chi connectivity index (χ3v) is 4.98. The number of nitrogens with zero attached hydrogens (tertiary/aromatic N) is 3. The Morgan fingerprint density at radius 3 is 2.83 bits per heavy atom. The van der Waals surface area contributed by atoms with Crippen LogP contribution in [0.15, 0.2) is 24.5 Å². The summed E-state index contributed by atoms with van der Waals surface area (Å²) in [5.74, 6) is 0. The van der Waals surface area contributed by atoms with E-state index in [4.69, 9.17) is 0 Å². The molecule has 0 bridgehead atoms. The Kier molecular flexibility index (Phi) is 5.30. The highest BCUT2D eigenvalue weighted by atomic mass is 16.3. The van der Waals surface area contributed by atoms with Crippen molar-refractivity contribution in [2.45, 2.75) is 45.1 Å². The van der Waals surface area contributed by atoms with Gasteiger partial charge in [-0.2, -0.15) is 5.10 Å². The third-order valence-electron chi connectivity index (χ3n) is 4.98. The van der Waals surface area contributed by atoms with Gasteiger partial charge >= 0.3 is 6.03 Å². The molecule has 7 nitrogen and oxygen atoms in total. The topological polar surface area (TPSA) is 91.6 Å². The number of fused-ring (bicyclic) bond motifs is 1. The van der Waals surface area contributed by atoms with Crippen LogP contribution in [0.25, 0.3) is 5.65 Å². The van der Waals surface area contributed by atoms with Gasteiger partial charge in [0.05, 0.1) is 18.4 Å². The van der Waals surface area contributed by atoms with Crippen LogP contribution in [-0.2, 0) is 6.54 Å². The highest BCUT2D eigenvalue weighted by molar-refractivity contribution is 5.73. The number of carbonyl (C=O) groups is 1. The summed E-state index contributed by atoms with van der Waals surface area (Å²) >= 11 is 0. The first-order chi connectivity index (χ1) is 11.7. The first kappa shape index (κ1) is 16.7. The lowest BCUT2D eigenvalue weighted by atomic mass is 9.72. The van der Waals surface area contributed by atoms with Crippen LogP contribution in [-0.4, -0.2) is 38.9 Å². The Morgan fingerprint density at radius 1 is 1.21 bits per heavy atom. The van der Waals surface area contributed by atoms with Crippen molar-refractivity contribution in [2.24, 2.45) is 5.41 Å². The minimum absolute atomic E-state index is 0.0518. The van der Waals surface area contributed by atoms with Crippen molar-refractivity contribution in [3.63, 3.8) is 0 Å². The van der Waals surface area contributed by atoms with Gasteiger partial charge in [0.1, 0.15) is 0 Å². The minimum atomic E-state index is -0.185. The van der Waals surface area contributed by atoms with Crippen molar-refractivity contribution in [3.8, 4) is 0 Å². The SMILES string of the molecule is O=C(NCc1ccnc2ccnn12)NCC1(CCO)CCCCC1. The Bertz CT molecular complexity index is 673. The molecule has 0 radical (unpaired) electrons. The molecule has 24 heavy (non-hydrogen) atoms. The van der Waals surface area contributed by atoms with Crippen molar-refractivity contribution < 1.29 is 9.90 Å². The second kappa shape index (κ2) is 7.61. The maximum atomic E-state index is 12.1. The summed E-state index contributed by atoms with van der Waals surface area (Å²) in [5.41, 5.74) is 1.69. The second-order valence-electron chi connectivity index (χ2n) is 6.61. The molecule has 2 amide bonds.